The molecule has 0 fully saturated rings. The van der Waals surface area contributed by atoms with E-state index in [2.05, 4.69) is 25.5 Å². The monoisotopic (exact) mass is 257 g/mol. The Morgan fingerprint density at radius 3 is 2.44 bits per heavy atom. The quantitative estimate of drug-likeness (QED) is 0.836. The Hall–Kier alpha value is -1.16. The van der Waals surface area contributed by atoms with E-state index in [0.717, 1.165) is 12.0 Å². The number of ether oxygens (including phenoxy) is 1. The van der Waals surface area contributed by atoms with Crippen LogP contribution in [0.25, 0.3) is 0 Å². The van der Waals surface area contributed by atoms with Gasteiger partial charge in [0.15, 0.2) is 0 Å². The van der Waals surface area contributed by atoms with Crippen molar-refractivity contribution >= 4 is 0 Å². The number of halogens is 2. The SMILES string of the molecule is CC(C)CC(C)C(N)c1cccc(OC(F)F)c1. The molecule has 0 saturated heterocycles. The zero-order valence-corrected chi connectivity index (χ0v) is 11.1. The maximum Gasteiger partial charge on any atom is 0.387 e. The molecule has 2 unspecified atom stereocenters. The van der Waals surface area contributed by atoms with Gasteiger partial charge in [-0.05, 0) is 36.0 Å². The molecular weight excluding hydrogens is 236 g/mol. The smallest absolute Gasteiger partial charge is 0.387 e. The van der Waals surface area contributed by atoms with Crippen LogP contribution < -0.4 is 10.5 Å². The second-order valence-corrected chi connectivity index (χ2v) is 5.08. The van der Waals surface area contributed by atoms with Crippen molar-refractivity contribution < 1.29 is 13.5 Å². The van der Waals surface area contributed by atoms with Gasteiger partial charge in [0, 0.05) is 6.04 Å². The van der Waals surface area contributed by atoms with Crippen molar-refractivity contribution in [2.75, 3.05) is 0 Å². The summed E-state index contributed by atoms with van der Waals surface area (Å²) >= 11 is 0. The lowest BCUT2D eigenvalue weighted by Gasteiger charge is -2.22. The first-order valence-electron chi connectivity index (χ1n) is 6.20. The van der Waals surface area contributed by atoms with Crippen molar-refractivity contribution in [1.29, 1.82) is 0 Å². The van der Waals surface area contributed by atoms with Crippen LogP contribution in [0.15, 0.2) is 24.3 Å². The average Bonchev–Trinajstić information content (AvgIpc) is 2.26. The number of rotatable bonds is 6. The predicted octanol–water partition coefficient (Wildman–Crippen LogP) is 3.97. The van der Waals surface area contributed by atoms with Gasteiger partial charge in [-0.3, -0.25) is 0 Å². The highest BCUT2D eigenvalue weighted by atomic mass is 19.3. The van der Waals surface area contributed by atoms with Crippen LogP contribution in [-0.4, -0.2) is 6.61 Å². The first-order valence-corrected chi connectivity index (χ1v) is 6.20. The summed E-state index contributed by atoms with van der Waals surface area (Å²) in [5.41, 5.74) is 6.98. The van der Waals surface area contributed by atoms with E-state index in [1.807, 2.05) is 6.07 Å². The molecule has 0 saturated carbocycles. The minimum Gasteiger partial charge on any atom is -0.435 e. The van der Waals surface area contributed by atoms with Crippen LogP contribution in [0.3, 0.4) is 0 Å². The zero-order chi connectivity index (χ0) is 13.7. The van der Waals surface area contributed by atoms with Gasteiger partial charge in [-0.25, -0.2) is 0 Å². The molecule has 0 spiro atoms. The molecule has 0 bridgehead atoms. The first-order chi connectivity index (χ1) is 8.40. The van der Waals surface area contributed by atoms with Crippen LogP contribution in [-0.2, 0) is 0 Å². The average molecular weight is 257 g/mol. The van der Waals surface area contributed by atoms with Crippen LogP contribution in [0.5, 0.6) is 5.75 Å². The summed E-state index contributed by atoms with van der Waals surface area (Å²) in [7, 11) is 0. The van der Waals surface area contributed by atoms with Gasteiger partial charge in [0.25, 0.3) is 0 Å². The third-order valence-electron chi connectivity index (χ3n) is 2.92. The van der Waals surface area contributed by atoms with Gasteiger partial charge in [0.1, 0.15) is 5.75 Å². The third-order valence-corrected chi connectivity index (χ3v) is 2.92. The van der Waals surface area contributed by atoms with Gasteiger partial charge in [0.05, 0.1) is 0 Å². The van der Waals surface area contributed by atoms with E-state index in [1.54, 1.807) is 12.1 Å². The molecule has 0 aliphatic heterocycles. The van der Waals surface area contributed by atoms with E-state index < -0.39 is 6.61 Å². The maximum absolute atomic E-state index is 12.1. The van der Waals surface area contributed by atoms with E-state index in [-0.39, 0.29) is 11.8 Å². The van der Waals surface area contributed by atoms with Gasteiger partial charge in [-0.15, -0.1) is 0 Å². The highest BCUT2D eigenvalue weighted by molar-refractivity contribution is 5.30. The molecule has 4 heteroatoms. The fraction of sp³-hybridized carbons (Fsp3) is 0.571. The van der Waals surface area contributed by atoms with Crippen molar-refractivity contribution in [3.05, 3.63) is 29.8 Å². The summed E-state index contributed by atoms with van der Waals surface area (Å²) in [6.45, 7) is 3.55. The molecule has 0 heterocycles. The fourth-order valence-electron chi connectivity index (χ4n) is 2.12. The Bertz CT molecular complexity index is 369. The van der Waals surface area contributed by atoms with E-state index in [1.165, 1.54) is 6.07 Å². The van der Waals surface area contributed by atoms with Gasteiger partial charge in [-0.2, -0.15) is 8.78 Å². The third kappa shape index (κ3) is 4.61. The second kappa shape index (κ2) is 6.69. The second-order valence-electron chi connectivity index (χ2n) is 5.08. The number of benzene rings is 1. The van der Waals surface area contributed by atoms with Crippen LogP contribution in [0, 0.1) is 11.8 Å². The number of hydrogen-bond acceptors (Lipinski definition) is 2. The van der Waals surface area contributed by atoms with E-state index in [0.29, 0.717) is 11.8 Å². The van der Waals surface area contributed by atoms with Gasteiger partial charge >= 0.3 is 6.61 Å². The molecule has 2 nitrogen and oxygen atoms in total. The Balaban J connectivity index is 2.76. The molecular formula is C14H21F2NO. The Kier molecular flexibility index (Phi) is 5.54. The van der Waals surface area contributed by atoms with Crippen molar-refractivity contribution in [2.45, 2.75) is 39.8 Å². The first kappa shape index (κ1) is 14.9. The molecule has 1 aromatic carbocycles. The summed E-state index contributed by atoms with van der Waals surface area (Å²) in [5, 5.41) is 0. The Morgan fingerprint density at radius 2 is 1.89 bits per heavy atom. The topological polar surface area (TPSA) is 35.2 Å². The van der Waals surface area contributed by atoms with Crippen LogP contribution in [0.2, 0.25) is 0 Å². The molecule has 0 amide bonds. The van der Waals surface area contributed by atoms with Gasteiger partial charge in [0.2, 0.25) is 0 Å². The zero-order valence-electron chi connectivity index (χ0n) is 11.1. The van der Waals surface area contributed by atoms with Crippen molar-refractivity contribution in [2.24, 2.45) is 17.6 Å². The number of hydrogen-bond donors (Lipinski definition) is 1. The summed E-state index contributed by atoms with van der Waals surface area (Å²) in [6.07, 6.45) is 1.00. The van der Waals surface area contributed by atoms with Crippen molar-refractivity contribution in [3.63, 3.8) is 0 Å². The standard InChI is InChI=1S/C14H21F2NO/c1-9(2)7-10(3)13(17)11-5-4-6-12(8-11)18-14(15)16/h4-6,8-10,13-14H,7,17H2,1-3H3. The summed E-state index contributed by atoms with van der Waals surface area (Å²) in [4.78, 5) is 0. The lowest BCUT2D eigenvalue weighted by molar-refractivity contribution is -0.0499. The van der Waals surface area contributed by atoms with E-state index in [4.69, 9.17) is 5.73 Å². The number of nitrogens with two attached hydrogens (primary N) is 1. The number of alkyl halides is 2. The summed E-state index contributed by atoms with van der Waals surface area (Å²) in [6, 6.07) is 6.48. The maximum atomic E-state index is 12.1. The highest BCUT2D eigenvalue weighted by Crippen LogP contribution is 2.27. The van der Waals surface area contributed by atoms with Crippen LogP contribution in [0.4, 0.5) is 8.78 Å². The molecule has 0 aliphatic carbocycles. The normalized spacial score (nSPS) is 14.9. The van der Waals surface area contributed by atoms with Gasteiger partial charge in [-0.1, -0.05) is 32.9 Å². The molecule has 1 rings (SSSR count). The van der Waals surface area contributed by atoms with E-state index >= 15 is 0 Å². The summed E-state index contributed by atoms with van der Waals surface area (Å²) in [5.74, 6) is 1.02. The lowest BCUT2D eigenvalue weighted by Crippen LogP contribution is -2.20. The molecule has 2 atom stereocenters. The van der Waals surface area contributed by atoms with Crippen molar-refractivity contribution in [1.82, 2.24) is 0 Å². The predicted molar refractivity (Wildman–Crippen MR) is 68.6 cm³/mol. The van der Waals surface area contributed by atoms with Gasteiger partial charge < -0.3 is 10.5 Å². The molecule has 2 N–H and O–H groups in total. The fourth-order valence-corrected chi connectivity index (χ4v) is 2.12. The minimum atomic E-state index is -2.80. The Morgan fingerprint density at radius 1 is 1.22 bits per heavy atom. The van der Waals surface area contributed by atoms with Crippen LogP contribution >= 0.6 is 0 Å². The molecule has 0 radical (unpaired) electrons. The molecule has 0 aliphatic rings. The lowest BCUT2D eigenvalue weighted by atomic mass is 9.88. The highest BCUT2D eigenvalue weighted by Gasteiger charge is 2.17. The minimum absolute atomic E-state index is 0.159. The van der Waals surface area contributed by atoms with Crippen LogP contribution in [0.1, 0.15) is 38.8 Å². The summed E-state index contributed by atoms with van der Waals surface area (Å²) < 4.78 is 28.6. The largest absolute Gasteiger partial charge is 0.435 e. The Labute approximate surface area is 107 Å². The van der Waals surface area contributed by atoms with Crippen molar-refractivity contribution in [3.8, 4) is 5.75 Å². The molecule has 102 valence electrons. The molecule has 0 aromatic heterocycles. The van der Waals surface area contributed by atoms with E-state index in [9.17, 15) is 8.78 Å². The molecule has 1 aromatic rings. The molecule has 18 heavy (non-hydrogen) atoms.